The van der Waals surface area contributed by atoms with E-state index < -0.39 is 37.8 Å². The van der Waals surface area contributed by atoms with E-state index >= 15 is 0 Å². The molecule has 0 aliphatic rings. The van der Waals surface area contributed by atoms with Crippen LogP contribution in [-0.4, -0.2) is 31.4 Å². The van der Waals surface area contributed by atoms with Crippen molar-refractivity contribution in [3.05, 3.63) is 0 Å². The van der Waals surface area contributed by atoms with Gasteiger partial charge >= 0.3 is 12.1 Å². The Hall–Kier alpha value is -0.793. The number of halogens is 5. The molecule has 130 valence electrons. The van der Waals surface area contributed by atoms with Gasteiger partial charge in [-0.1, -0.05) is 41.5 Å². The van der Waals surface area contributed by atoms with Crippen molar-refractivity contribution in [2.75, 3.05) is 0 Å². The van der Waals surface area contributed by atoms with Crippen molar-refractivity contribution in [1.82, 2.24) is 0 Å². The number of ketones is 1. The highest BCUT2D eigenvalue weighted by Gasteiger charge is 2.63. The summed E-state index contributed by atoms with van der Waals surface area (Å²) in [7, 11) is -2.89. The highest BCUT2D eigenvalue weighted by atomic mass is 28.3. The minimum Gasteiger partial charge on any atom is -0.305 e. The predicted molar refractivity (Wildman–Crippen MR) is 76.7 cm³/mol. The van der Waals surface area contributed by atoms with Crippen LogP contribution in [0.1, 0.15) is 48.0 Å². The summed E-state index contributed by atoms with van der Waals surface area (Å²) in [6.07, 6.45) is -7.32. The number of rotatable bonds is 7. The molecule has 0 saturated heterocycles. The summed E-state index contributed by atoms with van der Waals surface area (Å²) < 4.78 is 62.8. The van der Waals surface area contributed by atoms with E-state index in [1.807, 2.05) is 0 Å². The third kappa shape index (κ3) is 3.57. The Balaban J connectivity index is 5.62. The standard InChI is InChI=1S/C14H23F5O2Si/c1-8(2)22(9(3)4,10(5)6)12(21)7-11(20)13(15,16)14(17,18)19/h8-10H,7H2,1-6H3. The summed E-state index contributed by atoms with van der Waals surface area (Å²) in [6, 6.07) is 0. The van der Waals surface area contributed by atoms with E-state index in [0.717, 1.165) is 0 Å². The van der Waals surface area contributed by atoms with Crippen LogP contribution in [0, 0.1) is 0 Å². The fourth-order valence-corrected chi connectivity index (χ4v) is 9.93. The van der Waals surface area contributed by atoms with Crippen LogP contribution in [0.2, 0.25) is 16.6 Å². The van der Waals surface area contributed by atoms with Crippen LogP contribution in [0.25, 0.3) is 0 Å². The molecule has 0 atom stereocenters. The predicted octanol–water partition coefficient (Wildman–Crippen LogP) is 4.93. The molecule has 0 aromatic rings. The molecule has 0 fully saturated rings. The van der Waals surface area contributed by atoms with Gasteiger partial charge in [0.1, 0.15) is 13.5 Å². The summed E-state index contributed by atoms with van der Waals surface area (Å²) in [5.74, 6) is -7.84. The molecule has 0 heterocycles. The topological polar surface area (TPSA) is 34.1 Å². The molecule has 0 amide bonds. The average molecular weight is 346 g/mol. The first-order valence-electron chi connectivity index (χ1n) is 7.14. The Labute approximate surface area is 128 Å². The zero-order chi connectivity index (χ0) is 18.1. The maximum absolute atomic E-state index is 13.1. The normalized spacial score (nSPS) is 14.1. The van der Waals surface area contributed by atoms with Crippen molar-refractivity contribution < 1.29 is 31.5 Å². The molecule has 0 radical (unpaired) electrons. The maximum atomic E-state index is 13.1. The maximum Gasteiger partial charge on any atom is 0.461 e. The summed E-state index contributed by atoms with van der Waals surface area (Å²) in [4.78, 5) is 23.9. The van der Waals surface area contributed by atoms with Crippen LogP contribution in [0.4, 0.5) is 22.0 Å². The van der Waals surface area contributed by atoms with Crippen LogP contribution in [0.3, 0.4) is 0 Å². The number of alkyl halides is 5. The Morgan fingerprint density at radius 3 is 1.36 bits per heavy atom. The van der Waals surface area contributed by atoms with E-state index in [1.54, 1.807) is 41.5 Å². The highest BCUT2D eigenvalue weighted by Crippen LogP contribution is 2.44. The summed E-state index contributed by atoms with van der Waals surface area (Å²) in [5, 5.41) is -0.721. The van der Waals surface area contributed by atoms with Gasteiger partial charge in [-0.05, 0) is 16.6 Å². The van der Waals surface area contributed by atoms with E-state index in [4.69, 9.17) is 0 Å². The summed E-state index contributed by atoms with van der Waals surface area (Å²) in [5.41, 5.74) is -0.480. The summed E-state index contributed by atoms with van der Waals surface area (Å²) in [6.45, 7) is 10.6. The fourth-order valence-electron chi connectivity index (χ4n) is 3.53. The van der Waals surface area contributed by atoms with Gasteiger partial charge in [0, 0.05) is 0 Å². The van der Waals surface area contributed by atoms with Gasteiger partial charge in [0.2, 0.25) is 5.78 Å². The van der Waals surface area contributed by atoms with Crippen LogP contribution < -0.4 is 0 Å². The van der Waals surface area contributed by atoms with Gasteiger partial charge in [-0.25, -0.2) is 0 Å². The number of Topliss-reactive ketones (excluding diaryl/α,β-unsaturated/α-hetero) is 1. The quantitative estimate of drug-likeness (QED) is 0.372. The zero-order valence-corrected chi connectivity index (χ0v) is 14.6. The molecule has 22 heavy (non-hydrogen) atoms. The van der Waals surface area contributed by atoms with Crippen molar-refractivity contribution in [2.24, 2.45) is 0 Å². The Kier molecular flexibility index (Phi) is 6.52. The number of hydrogen-bond donors (Lipinski definition) is 0. The van der Waals surface area contributed by atoms with Crippen molar-refractivity contribution in [1.29, 1.82) is 0 Å². The molecule has 0 rings (SSSR count). The van der Waals surface area contributed by atoms with Gasteiger partial charge < -0.3 is 4.79 Å². The SMILES string of the molecule is CC(C)[Si](C(=O)CC(=O)C(F)(F)C(F)(F)F)(C(C)C)C(C)C. The van der Waals surface area contributed by atoms with Crippen LogP contribution >= 0.6 is 0 Å². The minimum atomic E-state index is -5.97. The lowest BCUT2D eigenvalue weighted by molar-refractivity contribution is -0.268. The van der Waals surface area contributed by atoms with E-state index in [-0.39, 0.29) is 16.6 Å². The highest BCUT2D eigenvalue weighted by molar-refractivity contribution is 7.09. The molecule has 2 nitrogen and oxygen atoms in total. The van der Waals surface area contributed by atoms with Crippen molar-refractivity contribution in [3.8, 4) is 0 Å². The Morgan fingerprint density at radius 2 is 1.14 bits per heavy atom. The molecule has 0 aromatic heterocycles. The number of carbonyl (C=O) groups is 2. The smallest absolute Gasteiger partial charge is 0.305 e. The lowest BCUT2D eigenvalue weighted by atomic mass is 10.1. The van der Waals surface area contributed by atoms with Gasteiger partial charge in [-0.2, -0.15) is 22.0 Å². The Bertz CT molecular complexity index is 406. The van der Waals surface area contributed by atoms with Gasteiger partial charge in [0.05, 0.1) is 6.42 Å². The molecule has 0 aromatic carbocycles. The molecule has 0 spiro atoms. The molecule has 0 bridgehead atoms. The van der Waals surface area contributed by atoms with Crippen molar-refractivity contribution >= 4 is 19.3 Å². The number of carbonyl (C=O) groups excluding carboxylic acids is 2. The molecule has 0 unspecified atom stereocenters. The van der Waals surface area contributed by atoms with E-state index in [0.29, 0.717) is 0 Å². The summed E-state index contributed by atoms with van der Waals surface area (Å²) >= 11 is 0. The lowest BCUT2D eigenvalue weighted by Gasteiger charge is -2.41. The van der Waals surface area contributed by atoms with Gasteiger partial charge in [0.15, 0.2) is 0 Å². The van der Waals surface area contributed by atoms with Gasteiger partial charge in [0.25, 0.3) is 0 Å². The average Bonchev–Trinajstić information content (AvgIpc) is 2.25. The first kappa shape index (κ1) is 21.2. The second-order valence-corrected chi connectivity index (χ2v) is 12.4. The molecule has 0 aliphatic carbocycles. The van der Waals surface area contributed by atoms with Crippen molar-refractivity contribution in [3.63, 3.8) is 0 Å². The third-order valence-electron chi connectivity index (χ3n) is 4.38. The second kappa shape index (κ2) is 6.76. The lowest BCUT2D eigenvalue weighted by Crippen LogP contribution is -2.55. The largest absolute Gasteiger partial charge is 0.461 e. The molecule has 0 aliphatic heterocycles. The van der Waals surface area contributed by atoms with E-state index in [1.165, 1.54) is 0 Å². The molecule has 8 heteroatoms. The van der Waals surface area contributed by atoms with Gasteiger partial charge in [-0.15, -0.1) is 0 Å². The van der Waals surface area contributed by atoms with Crippen LogP contribution in [0.15, 0.2) is 0 Å². The fraction of sp³-hybridized carbons (Fsp3) is 0.857. The Morgan fingerprint density at radius 1 is 0.818 bits per heavy atom. The molecule has 0 N–H and O–H groups in total. The number of hydrogen-bond acceptors (Lipinski definition) is 2. The first-order chi connectivity index (χ1) is 9.63. The molecular weight excluding hydrogens is 323 g/mol. The minimum absolute atomic E-state index is 0.160. The van der Waals surface area contributed by atoms with E-state index in [2.05, 4.69) is 0 Å². The van der Waals surface area contributed by atoms with Crippen LogP contribution in [-0.2, 0) is 9.59 Å². The van der Waals surface area contributed by atoms with Gasteiger partial charge in [-0.3, -0.25) is 4.79 Å². The van der Waals surface area contributed by atoms with Crippen LogP contribution in [0.5, 0.6) is 0 Å². The zero-order valence-electron chi connectivity index (χ0n) is 13.6. The molecule has 0 saturated carbocycles. The van der Waals surface area contributed by atoms with E-state index in [9.17, 15) is 31.5 Å². The molecular formula is C14H23F5O2Si. The monoisotopic (exact) mass is 346 g/mol. The van der Waals surface area contributed by atoms with Crippen molar-refractivity contribution in [2.45, 2.75) is 76.7 Å². The third-order valence-corrected chi connectivity index (χ3v) is 11.3. The second-order valence-electron chi connectivity index (χ2n) is 6.49. The first-order valence-corrected chi connectivity index (χ1v) is 9.37.